The maximum Gasteiger partial charge on any atom is 0.407 e. The fourth-order valence-electron chi connectivity index (χ4n) is 4.42. The summed E-state index contributed by atoms with van der Waals surface area (Å²) in [6.45, 7) is 1.53. The normalized spacial score (nSPS) is 13.9. The topological polar surface area (TPSA) is 131 Å². The number of nitrogen functional groups attached to an aromatic ring is 1. The minimum atomic E-state index is -1.39. The summed E-state index contributed by atoms with van der Waals surface area (Å²) in [6.07, 6.45) is -3.46. The molecule has 0 fully saturated rings. The second kappa shape index (κ2) is 10.2. The van der Waals surface area contributed by atoms with Crippen molar-refractivity contribution >= 4 is 17.7 Å². The summed E-state index contributed by atoms with van der Waals surface area (Å²) >= 11 is 0. The number of fused-ring (bicyclic) bond motifs is 3. The zero-order valence-electron chi connectivity index (χ0n) is 19.5. The van der Waals surface area contributed by atoms with Gasteiger partial charge in [0.15, 0.2) is 0 Å². The molecular formula is C27H28N2O6. The molecule has 0 aliphatic heterocycles. The molecule has 8 nitrogen and oxygen atoms in total. The highest BCUT2D eigenvalue weighted by Crippen LogP contribution is 2.44. The number of amides is 1. The fraction of sp³-hybridized carbons (Fsp3) is 0.259. The molecule has 0 saturated heterocycles. The van der Waals surface area contributed by atoms with Crippen molar-refractivity contribution in [1.29, 1.82) is 0 Å². The SMILES string of the molecule is COC(=O)c1cc(C(O)C(O)CNC(=O)OCC2c3ccccc3-c3ccccc32)cc(N)c1C. The number of methoxy groups -OCH3 is 1. The Kier molecular flexibility index (Phi) is 7.04. The number of carbonyl (C=O) groups excluding carboxylic acids is 2. The second-order valence-electron chi connectivity index (χ2n) is 8.49. The smallest absolute Gasteiger partial charge is 0.407 e. The predicted octanol–water partition coefficient (Wildman–Crippen LogP) is 3.30. The van der Waals surface area contributed by atoms with Crippen LogP contribution in [-0.2, 0) is 9.47 Å². The van der Waals surface area contributed by atoms with E-state index in [0.29, 0.717) is 5.56 Å². The zero-order chi connectivity index (χ0) is 25.1. The number of aliphatic hydroxyl groups excluding tert-OH is 2. The van der Waals surface area contributed by atoms with E-state index in [-0.39, 0.29) is 35.9 Å². The number of nitrogens with one attached hydrogen (secondary N) is 1. The number of rotatable bonds is 7. The lowest BCUT2D eigenvalue weighted by Gasteiger charge is -2.21. The summed E-state index contributed by atoms with van der Waals surface area (Å²) in [5.74, 6) is -0.689. The first-order valence-corrected chi connectivity index (χ1v) is 11.2. The fourth-order valence-corrected chi connectivity index (χ4v) is 4.42. The Labute approximate surface area is 203 Å². The maximum absolute atomic E-state index is 12.4. The highest BCUT2D eigenvalue weighted by Gasteiger charge is 2.29. The van der Waals surface area contributed by atoms with E-state index in [2.05, 4.69) is 17.4 Å². The van der Waals surface area contributed by atoms with Gasteiger partial charge in [-0.2, -0.15) is 0 Å². The molecule has 0 heterocycles. The Morgan fingerprint density at radius 3 is 2.23 bits per heavy atom. The lowest BCUT2D eigenvalue weighted by Crippen LogP contribution is -2.36. The van der Waals surface area contributed by atoms with Crippen LogP contribution in [0.2, 0.25) is 0 Å². The molecule has 0 radical (unpaired) electrons. The minimum Gasteiger partial charge on any atom is -0.465 e. The number of hydrogen-bond acceptors (Lipinski definition) is 7. The Morgan fingerprint density at radius 1 is 1.03 bits per heavy atom. The van der Waals surface area contributed by atoms with Gasteiger partial charge in [0.1, 0.15) is 18.8 Å². The van der Waals surface area contributed by atoms with Gasteiger partial charge in [0.05, 0.1) is 12.7 Å². The van der Waals surface area contributed by atoms with E-state index in [9.17, 15) is 19.8 Å². The molecule has 1 aliphatic carbocycles. The van der Waals surface area contributed by atoms with Crippen molar-refractivity contribution in [3.8, 4) is 11.1 Å². The van der Waals surface area contributed by atoms with Crippen LogP contribution in [0.1, 0.15) is 44.6 Å². The van der Waals surface area contributed by atoms with Crippen LogP contribution in [0.25, 0.3) is 11.1 Å². The predicted molar refractivity (Wildman–Crippen MR) is 131 cm³/mol. The third-order valence-electron chi connectivity index (χ3n) is 6.38. The van der Waals surface area contributed by atoms with Gasteiger partial charge in [0.25, 0.3) is 0 Å². The van der Waals surface area contributed by atoms with Crippen LogP contribution in [0, 0.1) is 6.92 Å². The van der Waals surface area contributed by atoms with Gasteiger partial charge in [-0.25, -0.2) is 9.59 Å². The van der Waals surface area contributed by atoms with E-state index in [1.54, 1.807) is 6.92 Å². The maximum atomic E-state index is 12.4. The van der Waals surface area contributed by atoms with Crippen molar-refractivity contribution in [2.75, 3.05) is 26.0 Å². The van der Waals surface area contributed by atoms with Gasteiger partial charge >= 0.3 is 12.1 Å². The number of carbonyl (C=O) groups is 2. The molecule has 2 unspecified atom stereocenters. The summed E-state index contributed by atoms with van der Waals surface area (Å²) in [7, 11) is 1.24. The molecule has 1 amide bonds. The number of nitrogens with two attached hydrogens (primary N) is 1. The minimum absolute atomic E-state index is 0.0871. The standard InChI is InChI=1S/C27H28N2O6/c1-15-21(26(32)34-2)11-16(12-23(15)28)25(31)24(30)13-29-27(33)35-14-22-19-9-5-3-7-17(19)18-8-4-6-10-20(18)22/h3-12,22,24-25,30-31H,13-14,28H2,1-2H3,(H,29,33). The molecule has 8 heteroatoms. The van der Waals surface area contributed by atoms with Crippen molar-refractivity contribution in [1.82, 2.24) is 5.32 Å². The van der Waals surface area contributed by atoms with Crippen LogP contribution < -0.4 is 11.1 Å². The van der Waals surface area contributed by atoms with Crippen LogP contribution in [-0.4, -0.2) is 48.6 Å². The van der Waals surface area contributed by atoms with E-state index in [0.717, 1.165) is 22.3 Å². The third-order valence-corrected chi connectivity index (χ3v) is 6.38. The molecule has 0 bridgehead atoms. The van der Waals surface area contributed by atoms with E-state index < -0.39 is 24.3 Å². The van der Waals surface area contributed by atoms with E-state index in [1.165, 1.54) is 19.2 Å². The van der Waals surface area contributed by atoms with Gasteiger partial charge in [0, 0.05) is 18.2 Å². The average Bonchev–Trinajstić information content (AvgIpc) is 3.20. The molecule has 1 aliphatic rings. The number of anilines is 1. The third kappa shape index (κ3) is 4.84. The Morgan fingerprint density at radius 2 is 1.63 bits per heavy atom. The highest BCUT2D eigenvalue weighted by molar-refractivity contribution is 5.93. The highest BCUT2D eigenvalue weighted by atomic mass is 16.5. The quantitative estimate of drug-likeness (QED) is 0.304. The lowest BCUT2D eigenvalue weighted by atomic mass is 9.97. The molecule has 0 aromatic heterocycles. The largest absolute Gasteiger partial charge is 0.465 e. The van der Waals surface area contributed by atoms with Crippen molar-refractivity contribution in [3.63, 3.8) is 0 Å². The monoisotopic (exact) mass is 476 g/mol. The first-order valence-electron chi connectivity index (χ1n) is 11.2. The Balaban J connectivity index is 1.37. The van der Waals surface area contributed by atoms with E-state index >= 15 is 0 Å². The zero-order valence-corrected chi connectivity index (χ0v) is 19.5. The summed E-state index contributed by atoms with van der Waals surface area (Å²) in [5, 5.41) is 23.5. The van der Waals surface area contributed by atoms with E-state index in [4.69, 9.17) is 15.2 Å². The molecule has 4 rings (SSSR count). The summed E-state index contributed by atoms with van der Waals surface area (Å²) < 4.78 is 10.2. The van der Waals surface area contributed by atoms with Gasteiger partial charge in [-0.1, -0.05) is 48.5 Å². The molecule has 3 aromatic carbocycles. The van der Waals surface area contributed by atoms with Crippen molar-refractivity contribution in [3.05, 3.63) is 88.5 Å². The van der Waals surface area contributed by atoms with Crippen LogP contribution in [0.4, 0.5) is 10.5 Å². The number of hydrogen-bond donors (Lipinski definition) is 4. The van der Waals surface area contributed by atoms with Gasteiger partial charge in [-0.05, 0) is 52.4 Å². The number of ether oxygens (including phenoxy) is 2. The number of benzene rings is 3. The Bertz CT molecular complexity index is 1210. The summed E-state index contributed by atoms with van der Waals surface area (Å²) in [4.78, 5) is 24.3. The van der Waals surface area contributed by atoms with Gasteiger partial charge in [-0.15, -0.1) is 0 Å². The Hall–Kier alpha value is -3.88. The number of alkyl carbamates (subject to hydrolysis) is 1. The first kappa shape index (κ1) is 24.3. The molecule has 3 aromatic rings. The first-order chi connectivity index (χ1) is 16.8. The molecular weight excluding hydrogens is 448 g/mol. The molecule has 182 valence electrons. The van der Waals surface area contributed by atoms with Gasteiger partial charge < -0.3 is 30.7 Å². The molecule has 0 saturated carbocycles. The molecule has 0 spiro atoms. The number of esters is 1. The second-order valence-corrected chi connectivity index (χ2v) is 8.49. The van der Waals surface area contributed by atoms with Crippen molar-refractivity contribution < 1.29 is 29.3 Å². The average molecular weight is 477 g/mol. The van der Waals surface area contributed by atoms with E-state index in [1.807, 2.05) is 36.4 Å². The van der Waals surface area contributed by atoms with Crippen LogP contribution in [0.15, 0.2) is 60.7 Å². The van der Waals surface area contributed by atoms with Crippen LogP contribution >= 0.6 is 0 Å². The van der Waals surface area contributed by atoms with Crippen molar-refractivity contribution in [2.45, 2.75) is 25.0 Å². The molecule has 2 atom stereocenters. The summed E-state index contributed by atoms with van der Waals surface area (Å²) in [6, 6.07) is 18.9. The van der Waals surface area contributed by atoms with Gasteiger partial charge in [-0.3, -0.25) is 0 Å². The molecule has 35 heavy (non-hydrogen) atoms. The van der Waals surface area contributed by atoms with Gasteiger partial charge in [0.2, 0.25) is 0 Å². The molecule has 5 N–H and O–H groups in total. The van der Waals surface area contributed by atoms with Crippen LogP contribution in [0.3, 0.4) is 0 Å². The number of aliphatic hydroxyl groups is 2. The van der Waals surface area contributed by atoms with Crippen molar-refractivity contribution in [2.24, 2.45) is 0 Å². The summed E-state index contributed by atoms with van der Waals surface area (Å²) in [5.41, 5.74) is 11.6. The lowest BCUT2D eigenvalue weighted by molar-refractivity contribution is 0.0185. The van der Waals surface area contributed by atoms with Crippen LogP contribution in [0.5, 0.6) is 0 Å².